The molecule has 132 valence electrons. The molecule has 2 aliphatic heterocycles. The molecule has 1 aromatic rings. The maximum Gasteiger partial charge on any atom is 0.351 e. The van der Waals surface area contributed by atoms with E-state index < -0.39 is 36.7 Å². The number of hydrogen-bond donors (Lipinski definition) is 2. The van der Waals surface area contributed by atoms with Crippen LogP contribution in [-0.4, -0.2) is 75.6 Å². The van der Waals surface area contributed by atoms with Gasteiger partial charge in [0.1, 0.15) is 11.9 Å². The minimum atomic E-state index is -3.77. The third kappa shape index (κ3) is 2.44. The third-order valence-electron chi connectivity index (χ3n) is 4.12. The molecule has 0 radical (unpaired) electrons. The van der Waals surface area contributed by atoms with Crippen molar-refractivity contribution >= 4 is 11.8 Å². The molecule has 0 saturated carbocycles. The number of hydrogen-bond acceptors (Lipinski definition) is 6. The zero-order valence-corrected chi connectivity index (χ0v) is 12.7. The van der Waals surface area contributed by atoms with Gasteiger partial charge in [0, 0.05) is 26.3 Å². The SMILES string of the molecule is CN1CCN(c2ccn([C@@H]3O[C@H](CO)[C@@H](O)C3(F)F)c(=O)n2)C1=O. The van der Waals surface area contributed by atoms with Crippen molar-refractivity contribution in [2.75, 3.05) is 31.6 Å². The van der Waals surface area contributed by atoms with Crippen molar-refractivity contribution < 1.29 is 28.5 Å². The average Bonchev–Trinajstić information content (AvgIpc) is 2.98. The van der Waals surface area contributed by atoms with Gasteiger partial charge in [-0.3, -0.25) is 9.47 Å². The topological polar surface area (TPSA) is 108 Å². The molecule has 2 aliphatic rings. The van der Waals surface area contributed by atoms with Gasteiger partial charge < -0.3 is 19.8 Å². The molecule has 9 nitrogen and oxygen atoms in total. The van der Waals surface area contributed by atoms with E-state index in [2.05, 4.69) is 4.98 Å². The monoisotopic (exact) mass is 346 g/mol. The third-order valence-corrected chi connectivity index (χ3v) is 4.12. The Morgan fingerprint density at radius 1 is 1.42 bits per heavy atom. The van der Waals surface area contributed by atoms with Crippen LogP contribution in [-0.2, 0) is 4.74 Å². The lowest BCUT2D eigenvalue weighted by molar-refractivity contribution is -0.140. The summed E-state index contributed by atoms with van der Waals surface area (Å²) in [6.07, 6.45) is -4.81. The highest BCUT2D eigenvalue weighted by Gasteiger charge is 2.59. The second-order valence-corrected chi connectivity index (χ2v) is 5.66. The number of likely N-dealkylation sites (N-methyl/N-ethyl adjacent to an activating group) is 1. The molecule has 11 heteroatoms. The summed E-state index contributed by atoms with van der Waals surface area (Å²) in [4.78, 5) is 30.3. The van der Waals surface area contributed by atoms with Gasteiger partial charge in [-0.05, 0) is 6.07 Å². The van der Waals surface area contributed by atoms with Crippen LogP contribution in [0.25, 0.3) is 0 Å². The fourth-order valence-corrected chi connectivity index (χ4v) is 2.71. The van der Waals surface area contributed by atoms with Gasteiger partial charge in [-0.25, -0.2) is 9.59 Å². The Balaban J connectivity index is 1.91. The van der Waals surface area contributed by atoms with Crippen molar-refractivity contribution in [3.05, 3.63) is 22.7 Å². The summed E-state index contributed by atoms with van der Waals surface area (Å²) in [6.45, 7) is -0.0346. The summed E-state index contributed by atoms with van der Waals surface area (Å²) in [7, 11) is 1.59. The number of urea groups is 1. The van der Waals surface area contributed by atoms with Gasteiger partial charge in [0.2, 0.25) is 6.23 Å². The first-order valence-electron chi connectivity index (χ1n) is 7.21. The zero-order chi connectivity index (χ0) is 17.6. The predicted molar refractivity (Wildman–Crippen MR) is 75.8 cm³/mol. The number of halogens is 2. The van der Waals surface area contributed by atoms with E-state index in [1.165, 1.54) is 15.9 Å². The minimum Gasteiger partial charge on any atom is -0.394 e. The molecule has 0 aromatic carbocycles. The lowest BCUT2D eigenvalue weighted by atomic mass is 10.1. The molecule has 3 rings (SSSR count). The minimum absolute atomic E-state index is 0.0474. The van der Waals surface area contributed by atoms with E-state index >= 15 is 0 Å². The van der Waals surface area contributed by atoms with Crippen LogP contribution in [0.15, 0.2) is 17.1 Å². The van der Waals surface area contributed by atoms with E-state index in [0.29, 0.717) is 17.7 Å². The van der Waals surface area contributed by atoms with E-state index in [1.54, 1.807) is 7.05 Å². The Morgan fingerprint density at radius 3 is 2.62 bits per heavy atom. The summed E-state index contributed by atoms with van der Waals surface area (Å²) in [5.74, 6) is -3.73. The number of anilines is 1. The number of aromatic nitrogens is 2. The fourth-order valence-electron chi connectivity index (χ4n) is 2.71. The van der Waals surface area contributed by atoms with Gasteiger partial charge in [-0.2, -0.15) is 13.8 Å². The van der Waals surface area contributed by atoms with Crippen molar-refractivity contribution in [2.24, 2.45) is 0 Å². The van der Waals surface area contributed by atoms with Gasteiger partial charge in [0.15, 0.2) is 6.10 Å². The molecule has 2 amide bonds. The Bertz CT molecular complexity index is 712. The maximum atomic E-state index is 14.1. The van der Waals surface area contributed by atoms with E-state index in [1.807, 2.05) is 0 Å². The Morgan fingerprint density at radius 2 is 2.12 bits per heavy atom. The van der Waals surface area contributed by atoms with Gasteiger partial charge in [-0.15, -0.1) is 0 Å². The van der Waals surface area contributed by atoms with Crippen LogP contribution in [0.2, 0.25) is 0 Å². The Kier molecular flexibility index (Phi) is 4.01. The summed E-state index contributed by atoms with van der Waals surface area (Å²) >= 11 is 0. The molecule has 0 unspecified atom stereocenters. The van der Waals surface area contributed by atoms with Crippen LogP contribution in [0.3, 0.4) is 0 Å². The van der Waals surface area contributed by atoms with Crippen LogP contribution in [0.1, 0.15) is 6.23 Å². The molecule has 0 spiro atoms. The highest BCUT2D eigenvalue weighted by molar-refractivity contribution is 5.92. The normalized spacial score (nSPS) is 29.5. The number of carbonyl (C=O) groups excluding carboxylic acids is 1. The largest absolute Gasteiger partial charge is 0.394 e. The van der Waals surface area contributed by atoms with Crippen molar-refractivity contribution in [2.45, 2.75) is 24.4 Å². The van der Waals surface area contributed by atoms with Crippen LogP contribution in [0.5, 0.6) is 0 Å². The predicted octanol–water partition coefficient (Wildman–Crippen LogP) is -0.999. The van der Waals surface area contributed by atoms with Crippen molar-refractivity contribution in [1.82, 2.24) is 14.5 Å². The van der Waals surface area contributed by atoms with Crippen LogP contribution < -0.4 is 10.6 Å². The Labute approximate surface area is 134 Å². The molecule has 24 heavy (non-hydrogen) atoms. The van der Waals surface area contributed by atoms with E-state index in [9.17, 15) is 23.5 Å². The lowest BCUT2D eigenvalue weighted by Gasteiger charge is -2.22. The van der Waals surface area contributed by atoms with E-state index in [0.717, 1.165) is 6.20 Å². The number of carbonyl (C=O) groups is 1. The molecule has 3 heterocycles. The van der Waals surface area contributed by atoms with Crippen molar-refractivity contribution in [1.29, 1.82) is 0 Å². The maximum absolute atomic E-state index is 14.1. The summed E-state index contributed by atoms with van der Waals surface area (Å²) in [5, 5.41) is 18.5. The molecule has 2 N–H and O–H groups in total. The molecular formula is C13H16F2N4O5. The fraction of sp³-hybridized carbons (Fsp3) is 0.615. The second-order valence-electron chi connectivity index (χ2n) is 5.66. The summed E-state index contributed by atoms with van der Waals surface area (Å²) in [5.41, 5.74) is -1.05. The Hall–Kier alpha value is -2.11. The van der Waals surface area contributed by atoms with Crippen molar-refractivity contribution in [3.8, 4) is 0 Å². The quantitative estimate of drug-likeness (QED) is 0.727. The van der Waals surface area contributed by atoms with Crippen molar-refractivity contribution in [3.63, 3.8) is 0 Å². The first kappa shape index (κ1) is 16.7. The summed E-state index contributed by atoms with van der Waals surface area (Å²) in [6, 6.07) is 0.897. The molecule has 3 atom stereocenters. The van der Waals surface area contributed by atoms with E-state index in [-0.39, 0.29) is 11.8 Å². The average molecular weight is 346 g/mol. The highest BCUT2D eigenvalue weighted by atomic mass is 19.3. The highest BCUT2D eigenvalue weighted by Crippen LogP contribution is 2.42. The molecule has 0 bridgehead atoms. The number of ether oxygens (including phenoxy) is 1. The van der Waals surface area contributed by atoms with Gasteiger partial charge in [-0.1, -0.05) is 0 Å². The van der Waals surface area contributed by atoms with Crippen LogP contribution in [0, 0.1) is 0 Å². The van der Waals surface area contributed by atoms with Gasteiger partial charge in [0.05, 0.1) is 6.61 Å². The number of alkyl halides is 2. The molecule has 2 saturated heterocycles. The zero-order valence-electron chi connectivity index (χ0n) is 12.7. The van der Waals surface area contributed by atoms with Crippen LogP contribution in [0.4, 0.5) is 19.4 Å². The van der Waals surface area contributed by atoms with Gasteiger partial charge >= 0.3 is 17.6 Å². The number of aliphatic hydroxyl groups excluding tert-OH is 2. The van der Waals surface area contributed by atoms with Crippen LogP contribution >= 0.6 is 0 Å². The first-order chi connectivity index (χ1) is 11.3. The number of amides is 2. The standard InChI is InChI=1S/C13H16F2N4O5/c1-17-4-5-18(12(17)23)8-2-3-19(11(22)16-8)10-13(14,15)9(21)7(6-20)24-10/h2-3,7,9-10,20-21H,4-6H2,1H3/t7-,9-,10-/m1/s1. The number of rotatable bonds is 3. The smallest absolute Gasteiger partial charge is 0.351 e. The molecule has 0 aliphatic carbocycles. The number of nitrogens with zero attached hydrogens (tertiary/aromatic N) is 4. The lowest BCUT2D eigenvalue weighted by Crippen LogP contribution is -2.42. The van der Waals surface area contributed by atoms with Gasteiger partial charge in [0.25, 0.3) is 0 Å². The summed E-state index contributed by atoms with van der Waals surface area (Å²) < 4.78 is 33.6. The van der Waals surface area contributed by atoms with E-state index in [4.69, 9.17) is 9.84 Å². The second kappa shape index (κ2) is 5.76. The molecular weight excluding hydrogens is 330 g/mol. The number of aliphatic hydroxyl groups is 2. The molecule has 1 aromatic heterocycles. The first-order valence-corrected chi connectivity index (χ1v) is 7.21. The molecule has 2 fully saturated rings.